The van der Waals surface area contributed by atoms with Crippen LogP contribution in [0.25, 0.3) is 0 Å². The Morgan fingerprint density at radius 3 is 2.35 bits per heavy atom. The summed E-state index contributed by atoms with van der Waals surface area (Å²) in [4.78, 5) is 0. The highest BCUT2D eigenvalue weighted by Gasteiger charge is 2.37. The summed E-state index contributed by atoms with van der Waals surface area (Å²) in [5.41, 5.74) is 0.713. The van der Waals surface area contributed by atoms with E-state index in [1.807, 2.05) is 11.8 Å². The van der Waals surface area contributed by atoms with E-state index in [4.69, 9.17) is 4.74 Å². The molecule has 1 saturated heterocycles. The Bertz CT molecular complexity index is 645. The van der Waals surface area contributed by atoms with Crippen molar-refractivity contribution < 1.29 is 13.5 Å². The third-order valence-corrected chi connectivity index (χ3v) is 7.29. The standard InChI is InChI=1S/C21H27F2NOS/c1-26-18-4-2-14(3-5-18)15-8-19(22)21(20(23)9-15)25-12-13-6-16-10-24-11-17(16)7-13/h2,4,8-9,13-14,16-18,24H,3,5-7,10-12H2,1H3/t13?,14?,16-,17+,18?. The van der Waals surface area contributed by atoms with Gasteiger partial charge in [0.25, 0.3) is 0 Å². The average Bonchev–Trinajstić information content (AvgIpc) is 3.22. The van der Waals surface area contributed by atoms with E-state index in [2.05, 4.69) is 23.7 Å². The Balaban J connectivity index is 1.40. The number of ether oxygens (including phenoxy) is 1. The van der Waals surface area contributed by atoms with Crippen LogP contribution in [0.4, 0.5) is 8.78 Å². The number of nitrogens with one attached hydrogen (secondary N) is 1. The molecule has 1 aromatic carbocycles. The fourth-order valence-corrected chi connectivity index (χ4v) is 5.45. The molecule has 2 nitrogen and oxygen atoms in total. The largest absolute Gasteiger partial charge is 0.487 e. The van der Waals surface area contributed by atoms with Crippen LogP contribution in [0.3, 0.4) is 0 Å². The van der Waals surface area contributed by atoms with E-state index in [9.17, 15) is 8.78 Å². The summed E-state index contributed by atoms with van der Waals surface area (Å²) in [6.07, 6.45) is 10.5. The molecule has 5 atom stereocenters. The SMILES string of the molecule is CSC1C=CC(c2cc(F)c(OCC3C[C@H]4CNC[C@H]4C3)c(F)c2)CC1. The van der Waals surface area contributed by atoms with Crippen LogP contribution in [0, 0.1) is 29.4 Å². The van der Waals surface area contributed by atoms with E-state index in [-0.39, 0.29) is 11.7 Å². The van der Waals surface area contributed by atoms with Crippen LogP contribution >= 0.6 is 11.8 Å². The van der Waals surface area contributed by atoms with Crippen molar-refractivity contribution in [2.45, 2.75) is 36.9 Å². The summed E-state index contributed by atoms with van der Waals surface area (Å²) in [5, 5.41) is 3.93. The molecule has 3 aliphatic rings. The molecular formula is C21H27F2NOS. The molecule has 1 aromatic rings. The minimum Gasteiger partial charge on any atom is -0.487 e. The lowest BCUT2D eigenvalue weighted by atomic mass is 9.89. The van der Waals surface area contributed by atoms with E-state index >= 15 is 0 Å². The van der Waals surface area contributed by atoms with Crippen molar-refractivity contribution >= 4 is 11.8 Å². The van der Waals surface area contributed by atoms with E-state index in [0.29, 0.717) is 35.2 Å². The molecule has 2 aliphatic carbocycles. The summed E-state index contributed by atoms with van der Waals surface area (Å²) in [7, 11) is 0. The van der Waals surface area contributed by atoms with Gasteiger partial charge < -0.3 is 10.1 Å². The Morgan fingerprint density at radius 2 is 1.77 bits per heavy atom. The highest BCUT2D eigenvalue weighted by atomic mass is 32.2. The number of hydrogen-bond donors (Lipinski definition) is 1. The lowest BCUT2D eigenvalue weighted by Crippen LogP contribution is -2.16. The first-order chi connectivity index (χ1) is 12.6. The minimum atomic E-state index is -0.569. The number of halogens is 2. The van der Waals surface area contributed by atoms with Crippen LogP contribution in [0.15, 0.2) is 24.3 Å². The molecule has 0 aromatic heterocycles. The monoisotopic (exact) mass is 379 g/mol. The second-order valence-electron chi connectivity index (χ2n) is 7.98. The van der Waals surface area contributed by atoms with Gasteiger partial charge in [-0.2, -0.15) is 11.8 Å². The highest BCUT2D eigenvalue weighted by Crippen LogP contribution is 2.39. The molecule has 1 aliphatic heterocycles. The molecule has 0 spiro atoms. The Hall–Kier alpha value is -1.07. The molecule has 0 radical (unpaired) electrons. The molecule has 26 heavy (non-hydrogen) atoms. The fraction of sp³-hybridized carbons (Fsp3) is 0.619. The summed E-state index contributed by atoms with van der Waals surface area (Å²) < 4.78 is 34.6. The predicted molar refractivity (Wildman–Crippen MR) is 103 cm³/mol. The average molecular weight is 380 g/mol. The van der Waals surface area contributed by atoms with Crippen molar-refractivity contribution in [3.8, 4) is 5.75 Å². The zero-order chi connectivity index (χ0) is 18.1. The second-order valence-corrected chi connectivity index (χ2v) is 9.06. The fourth-order valence-electron chi connectivity index (χ4n) is 4.83. The Kier molecular flexibility index (Phi) is 5.55. The van der Waals surface area contributed by atoms with Gasteiger partial charge in [0, 0.05) is 11.2 Å². The molecule has 3 unspecified atom stereocenters. The van der Waals surface area contributed by atoms with Gasteiger partial charge in [-0.05, 0) is 80.5 Å². The maximum atomic E-state index is 14.5. The van der Waals surface area contributed by atoms with Crippen LogP contribution in [0.2, 0.25) is 0 Å². The summed E-state index contributed by atoms with van der Waals surface area (Å²) in [6.45, 7) is 2.56. The molecule has 4 rings (SSSR count). The molecule has 142 valence electrons. The smallest absolute Gasteiger partial charge is 0.190 e. The van der Waals surface area contributed by atoms with Gasteiger partial charge >= 0.3 is 0 Å². The third-order valence-electron chi connectivity index (χ3n) is 6.29. The molecule has 0 bridgehead atoms. The van der Waals surface area contributed by atoms with Crippen molar-refractivity contribution in [2.75, 3.05) is 26.0 Å². The lowest BCUT2D eigenvalue weighted by Gasteiger charge is -2.22. The molecule has 2 fully saturated rings. The lowest BCUT2D eigenvalue weighted by molar-refractivity contribution is 0.225. The van der Waals surface area contributed by atoms with Gasteiger partial charge in [0.2, 0.25) is 0 Å². The normalized spacial score (nSPS) is 33.4. The predicted octanol–water partition coefficient (Wildman–Crippen LogP) is 4.75. The molecule has 0 amide bonds. The van der Waals surface area contributed by atoms with Gasteiger partial charge in [-0.25, -0.2) is 8.78 Å². The molecule has 1 heterocycles. The maximum absolute atomic E-state index is 14.5. The van der Waals surface area contributed by atoms with Gasteiger partial charge in [-0.15, -0.1) is 0 Å². The van der Waals surface area contributed by atoms with Gasteiger partial charge in [-0.3, -0.25) is 0 Å². The van der Waals surface area contributed by atoms with E-state index < -0.39 is 11.6 Å². The van der Waals surface area contributed by atoms with Gasteiger partial charge in [0.1, 0.15) is 0 Å². The van der Waals surface area contributed by atoms with Crippen molar-refractivity contribution in [1.29, 1.82) is 0 Å². The Morgan fingerprint density at radius 1 is 1.08 bits per heavy atom. The minimum absolute atomic E-state index is 0.0955. The summed E-state index contributed by atoms with van der Waals surface area (Å²) in [5.74, 6) is 0.590. The van der Waals surface area contributed by atoms with Gasteiger partial charge in [0.05, 0.1) is 6.61 Å². The molecule has 5 heteroatoms. The number of hydrogen-bond acceptors (Lipinski definition) is 3. The van der Waals surface area contributed by atoms with Gasteiger partial charge in [0.15, 0.2) is 17.4 Å². The molecule has 1 N–H and O–H groups in total. The zero-order valence-electron chi connectivity index (χ0n) is 15.2. The van der Waals surface area contributed by atoms with E-state index in [1.54, 1.807) is 0 Å². The number of thioether (sulfide) groups is 1. The van der Waals surface area contributed by atoms with Crippen LogP contribution in [0.1, 0.15) is 37.2 Å². The number of rotatable bonds is 5. The van der Waals surface area contributed by atoms with Crippen molar-refractivity contribution in [1.82, 2.24) is 5.32 Å². The first kappa shape index (κ1) is 18.3. The van der Waals surface area contributed by atoms with Crippen LogP contribution in [-0.2, 0) is 0 Å². The van der Waals surface area contributed by atoms with E-state index in [0.717, 1.165) is 38.8 Å². The second kappa shape index (κ2) is 7.89. The Labute approximate surface area is 158 Å². The number of fused-ring (bicyclic) bond motifs is 1. The number of allylic oxidation sites excluding steroid dienone is 1. The zero-order valence-corrected chi connectivity index (χ0v) is 16.0. The molecule has 1 saturated carbocycles. The van der Waals surface area contributed by atoms with Crippen molar-refractivity contribution in [2.24, 2.45) is 17.8 Å². The number of benzene rings is 1. The first-order valence-corrected chi connectivity index (χ1v) is 11.0. The summed E-state index contributed by atoms with van der Waals surface area (Å²) >= 11 is 1.82. The third kappa shape index (κ3) is 3.79. The quantitative estimate of drug-likeness (QED) is 0.746. The van der Waals surface area contributed by atoms with Crippen molar-refractivity contribution in [3.05, 3.63) is 41.5 Å². The topological polar surface area (TPSA) is 21.3 Å². The summed E-state index contributed by atoms with van der Waals surface area (Å²) in [6, 6.07) is 2.92. The van der Waals surface area contributed by atoms with Gasteiger partial charge in [-0.1, -0.05) is 12.2 Å². The van der Waals surface area contributed by atoms with Crippen LogP contribution in [-0.4, -0.2) is 31.2 Å². The maximum Gasteiger partial charge on any atom is 0.190 e. The highest BCUT2D eigenvalue weighted by molar-refractivity contribution is 7.99. The van der Waals surface area contributed by atoms with Crippen LogP contribution in [0.5, 0.6) is 5.75 Å². The first-order valence-electron chi connectivity index (χ1n) is 9.67. The van der Waals surface area contributed by atoms with E-state index in [1.165, 1.54) is 12.1 Å². The molecular weight excluding hydrogens is 352 g/mol. The van der Waals surface area contributed by atoms with Crippen LogP contribution < -0.4 is 10.1 Å². The van der Waals surface area contributed by atoms with Crippen molar-refractivity contribution in [3.63, 3.8) is 0 Å².